The number of anilines is 2. The summed E-state index contributed by atoms with van der Waals surface area (Å²) in [6.45, 7) is 1.85. The molecule has 1 aromatic carbocycles. The number of ether oxygens (including phenoxy) is 1. The summed E-state index contributed by atoms with van der Waals surface area (Å²) in [4.78, 5) is 3.95. The lowest BCUT2D eigenvalue weighted by atomic mass is 10.3. The van der Waals surface area contributed by atoms with Crippen molar-refractivity contribution in [3.8, 4) is 5.75 Å². The molecule has 0 aliphatic heterocycles. The summed E-state index contributed by atoms with van der Waals surface area (Å²) in [6, 6.07) is 7.80. The van der Waals surface area contributed by atoms with Crippen molar-refractivity contribution in [2.45, 2.75) is 11.8 Å². The van der Waals surface area contributed by atoms with Gasteiger partial charge in [-0.2, -0.15) is 0 Å². The minimum absolute atomic E-state index is 0.0124. The number of nitrogens with two attached hydrogens (primary N) is 1. The van der Waals surface area contributed by atoms with Crippen LogP contribution < -0.4 is 15.2 Å². The fourth-order valence-corrected chi connectivity index (χ4v) is 2.80. The average Bonchev–Trinajstić information content (AvgIpc) is 2.37. The standard InChI is InChI=1S/C13H15N3O3S/c1-9-5-6-15-13(7-9)16-20(17,18)12-4-3-10(19-2)8-11(12)14/h3-8H,14H2,1-2H3,(H,15,16). The number of nitrogen functional groups attached to an aromatic ring is 1. The average molecular weight is 293 g/mol. The number of hydrogen-bond donors (Lipinski definition) is 2. The molecule has 0 bridgehead atoms. The van der Waals surface area contributed by atoms with Gasteiger partial charge in [0.25, 0.3) is 10.0 Å². The zero-order valence-electron chi connectivity index (χ0n) is 11.1. The van der Waals surface area contributed by atoms with Crippen molar-refractivity contribution in [2.24, 2.45) is 0 Å². The van der Waals surface area contributed by atoms with Gasteiger partial charge < -0.3 is 10.5 Å². The Morgan fingerprint density at radius 3 is 2.60 bits per heavy atom. The van der Waals surface area contributed by atoms with Crippen LogP contribution in [0.1, 0.15) is 5.56 Å². The molecular formula is C13H15N3O3S. The van der Waals surface area contributed by atoms with Gasteiger partial charge in [-0.25, -0.2) is 13.4 Å². The number of aryl methyl sites for hydroxylation is 1. The van der Waals surface area contributed by atoms with E-state index in [9.17, 15) is 8.42 Å². The lowest BCUT2D eigenvalue weighted by Gasteiger charge is -2.10. The summed E-state index contributed by atoms with van der Waals surface area (Å²) in [5, 5.41) is 0. The number of methoxy groups -OCH3 is 1. The van der Waals surface area contributed by atoms with Crippen molar-refractivity contribution in [2.75, 3.05) is 17.6 Å². The third-order valence-electron chi connectivity index (χ3n) is 2.66. The number of pyridine rings is 1. The van der Waals surface area contributed by atoms with E-state index in [2.05, 4.69) is 9.71 Å². The number of nitrogens with zero attached hydrogens (tertiary/aromatic N) is 1. The van der Waals surface area contributed by atoms with E-state index in [4.69, 9.17) is 10.5 Å². The third-order valence-corrected chi connectivity index (χ3v) is 4.09. The number of hydrogen-bond acceptors (Lipinski definition) is 5. The van der Waals surface area contributed by atoms with Gasteiger partial charge in [0.2, 0.25) is 0 Å². The summed E-state index contributed by atoms with van der Waals surface area (Å²) in [5.74, 6) is 0.746. The molecule has 0 aliphatic carbocycles. The first-order valence-corrected chi connectivity index (χ1v) is 7.29. The molecule has 0 spiro atoms. The second kappa shape index (κ2) is 5.38. The molecule has 20 heavy (non-hydrogen) atoms. The van der Waals surface area contributed by atoms with E-state index in [0.717, 1.165) is 5.56 Å². The van der Waals surface area contributed by atoms with Crippen LogP contribution in [0, 0.1) is 6.92 Å². The van der Waals surface area contributed by atoms with Crippen LogP contribution in [0.5, 0.6) is 5.75 Å². The molecule has 106 valence electrons. The zero-order chi connectivity index (χ0) is 14.8. The first-order valence-electron chi connectivity index (χ1n) is 5.81. The predicted octanol–water partition coefficient (Wildman–Crippen LogP) is 1.78. The molecule has 6 nitrogen and oxygen atoms in total. The highest BCUT2D eigenvalue weighted by Crippen LogP contribution is 2.25. The van der Waals surface area contributed by atoms with Gasteiger partial charge in [-0.05, 0) is 36.8 Å². The summed E-state index contributed by atoms with van der Waals surface area (Å²) >= 11 is 0. The monoisotopic (exact) mass is 293 g/mol. The van der Waals surface area contributed by atoms with Crippen molar-refractivity contribution < 1.29 is 13.2 Å². The van der Waals surface area contributed by atoms with Crippen LogP contribution in [-0.2, 0) is 10.0 Å². The second-order valence-corrected chi connectivity index (χ2v) is 5.88. The summed E-state index contributed by atoms with van der Waals surface area (Å²) in [5.41, 5.74) is 6.77. The third kappa shape index (κ3) is 3.00. The molecule has 0 saturated heterocycles. The van der Waals surface area contributed by atoms with E-state index in [0.29, 0.717) is 5.75 Å². The Balaban J connectivity index is 2.36. The zero-order valence-corrected chi connectivity index (χ0v) is 11.9. The fraction of sp³-hybridized carbons (Fsp3) is 0.154. The van der Waals surface area contributed by atoms with Crippen molar-refractivity contribution >= 4 is 21.5 Å². The lowest BCUT2D eigenvalue weighted by molar-refractivity contribution is 0.414. The van der Waals surface area contributed by atoms with Gasteiger partial charge in [-0.3, -0.25) is 4.72 Å². The van der Waals surface area contributed by atoms with Gasteiger partial charge in [0.1, 0.15) is 16.5 Å². The molecule has 2 rings (SSSR count). The highest BCUT2D eigenvalue weighted by Gasteiger charge is 2.18. The minimum Gasteiger partial charge on any atom is -0.497 e. The molecular weight excluding hydrogens is 278 g/mol. The van der Waals surface area contributed by atoms with Crippen molar-refractivity contribution in [3.63, 3.8) is 0 Å². The molecule has 0 fully saturated rings. The largest absolute Gasteiger partial charge is 0.497 e. The van der Waals surface area contributed by atoms with Gasteiger partial charge in [0.05, 0.1) is 12.8 Å². The highest BCUT2D eigenvalue weighted by atomic mass is 32.2. The Hall–Kier alpha value is -2.28. The van der Waals surface area contributed by atoms with Crippen LogP contribution in [-0.4, -0.2) is 20.5 Å². The Morgan fingerprint density at radius 1 is 1.25 bits per heavy atom. The van der Waals surface area contributed by atoms with Crippen LogP contribution in [0.4, 0.5) is 11.5 Å². The van der Waals surface area contributed by atoms with Gasteiger partial charge in [0.15, 0.2) is 0 Å². The van der Waals surface area contributed by atoms with E-state index in [1.807, 2.05) is 6.92 Å². The first kappa shape index (κ1) is 14.1. The maximum absolute atomic E-state index is 12.3. The quantitative estimate of drug-likeness (QED) is 0.838. The maximum Gasteiger partial charge on any atom is 0.265 e. The summed E-state index contributed by atoms with van der Waals surface area (Å²) in [7, 11) is -2.29. The Morgan fingerprint density at radius 2 is 2.00 bits per heavy atom. The molecule has 7 heteroatoms. The van der Waals surface area contributed by atoms with E-state index >= 15 is 0 Å². The van der Waals surface area contributed by atoms with Crippen LogP contribution in [0.3, 0.4) is 0 Å². The maximum atomic E-state index is 12.3. The van der Waals surface area contributed by atoms with E-state index in [-0.39, 0.29) is 16.4 Å². The van der Waals surface area contributed by atoms with Crippen molar-refractivity contribution in [1.29, 1.82) is 0 Å². The molecule has 2 aromatic rings. The second-order valence-electron chi connectivity index (χ2n) is 4.23. The van der Waals surface area contributed by atoms with E-state index in [1.165, 1.54) is 31.5 Å². The van der Waals surface area contributed by atoms with Crippen molar-refractivity contribution in [1.82, 2.24) is 4.98 Å². The van der Waals surface area contributed by atoms with Crippen LogP contribution >= 0.6 is 0 Å². The molecule has 0 aliphatic rings. The molecule has 1 heterocycles. The predicted molar refractivity (Wildman–Crippen MR) is 77.2 cm³/mol. The molecule has 0 atom stereocenters. The normalized spacial score (nSPS) is 11.1. The molecule has 3 N–H and O–H groups in total. The van der Waals surface area contributed by atoms with Crippen LogP contribution in [0.25, 0.3) is 0 Å². The molecule has 0 radical (unpaired) electrons. The number of benzene rings is 1. The molecule has 1 aromatic heterocycles. The minimum atomic E-state index is -3.78. The molecule has 0 unspecified atom stereocenters. The smallest absolute Gasteiger partial charge is 0.265 e. The number of sulfonamides is 1. The van der Waals surface area contributed by atoms with Crippen molar-refractivity contribution in [3.05, 3.63) is 42.1 Å². The Kier molecular flexibility index (Phi) is 3.80. The van der Waals surface area contributed by atoms with Gasteiger partial charge >= 0.3 is 0 Å². The molecule has 0 saturated carbocycles. The lowest BCUT2D eigenvalue weighted by Crippen LogP contribution is -2.15. The number of aromatic nitrogens is 1. The van der Waals surface area contributed by atoms with Crippen LogP contribution in [0.2, 0.25) is 0 Å². The highest BCUT2D eigenvalue weighted by molar-refractivity contribution is 7.92. The van der Waals surface area contributed by atoms with Gasteiger partial charge in [0, 0.05) is 12.3 Å². The topological polar surface area (TPSA) is 94.3 Å². The van der Waals surface area contributed by atoms with E-state index < -0.39 is 10.0 Å². The SMILES string of the molecule is COc1ccc(S(=O)(=O)Nc2cc(C)ccn2)c(N)c1. The Labute approximate surface area is 117 Å². The van der Waals surface area contributed by atoms with Gasteiger partial charge in [-0.1, -0.05) is 0 Å². The van der Waals surface area contributed by atoms with Gasteiger partial charge in [-0.15, -0.1) is 0 Å². The molecule has 0 amide bonds. The first-order chi connectivity index (χ1) is 9.42. The Bertz CT molecular complexity index is 729. The van der Waals surface area contributed by atoms with Crippen LogP contribution in [0.15, 0.2) is 41.4 Å². The fourth-order valence-electron chi connectivity index (χ4n) is 1.68. The number of nitrogens with one attached hydrogen (secondary N) is 1. The number of rotatable bonds is 4. The summed E-state index contributed by atoms with van der Waals surface area (Å²) < 4.78 is 31.9. The summed E-state index contributed by atoms with van der Waals surface area (Å²) in [6.07, 6.45) is 1.53. The van der Waals surface area contributed by atoms with E-state index in [1.54, 1.807) is 12.1 Å².